The predicted octanol–water partition coefficient (Wildman–Crippen LogP) is 2.07. The van der Waals surface area contributed by atoms with Gasteiger partial charge in [-0.2, -0.15) is 0 Å². The van der Waals surface area contributed by atoms with Crippen molar-refractivity contribution in [2.45, 2.75) is 32.1 Å². The zero-order valence-electron chi connectivity index (χ0n) is 10.5. The van der Waals surface area contributed by atoms with Gasteiger partial charge in [0.25, 0.3) is 0 Å². The van der Waals surface area contributed by atoms with Crippen LogP contribution in [0.4, 0.5) is 0 Å². The van der Waals surface area contributed by atoms with Crippen LogP contribution in [0.3, 0.4) is 0 Å². The second kappa shape index (κ2) is 7.45. The molecule has 0 aromatic heterocycles. The van der Waals surface area contributed by atoms with E-state index in [0.29, 0.717) is 18.9 Å². The van der Waals surface area contributed by atoms with Crippen molar-refractivity contribution in [3.8, 4) is 5.75 Å². The molecule has 2 N–H and O–H groups in total. The van der Waals surface area contributed by atoms with Gasteiger partial charge in [-0.25, -0.2) is 0 Å². The van der Waals surface area contributed by atoms with E-state index < -0.39 is 10.8 Å². The molecule has 0 aliphatic heterocycles. The van der Waals surface area contributed by atoms with Crippen molar-refractivity contribution >= 4 is 10.8 Å². The number of rotatable bonds is 7. The van der Waals surface area contributed by atoms with Gasteiger partial charge in [-0.3, -0.25) is 4.21 Å². The summed E-state index contributed by atoms with van der Waals surface area (Å²) in [6.07, 6.45) is 0.809. The standard InChI is InChI=1S/C13H21NO2S/c1-11(2)17(15)9-5-8-16-13-7-4-3-6-12(13)10-14/h3-4,6-7,11H,5,8-10,14H2,1-2H3. The third kappa shape index (κ3) is 4.88. The summed E-state index contributed by atoms with van der Waals surface area (Å²) in [6.45, 7) is 5.02. The van der Waals surface area contributed by atoms with E-state index in [2.05, 4.69) is 0 Å². The number of hydrogen-bond acceptors (Lipinski definition) is 3. The van der Waals surface area contributed by atoms with Gasteiger partial charge in [0.2, 0.25) is 0 Å². The minimum atomic E-state index is -0.741. The Morgan fingerprint density at radius 3 is 2.71 bits per heavy atom. The van der Waals surface area contributed by atoms with Crippen molar-refractivity contribution in [1.82, 2.24) is 0 Å². The molecular weight excluding hydrogens is 234 g/mol. The van der Waals surface area contributed by atoms with E-state index in [1.165, 1.54) is 0 Å². The fourth-order valence-electron chi connectivity index (χ4n) is 1.43. The SMILES string of the molecule is CC(C)S(=O)CCCOc1ccccc1CN. The number of para-hydroxylation sites is 1. The van der Waals surface area contributed by atoms with Crippen molar-refractivity contribution in [3.05, 3.63) is 29.8 Å². The molecule has 96 valence electrons. The summed E-state index contributed by atoms with van der Waals surface area (Å²) in [5.41, 5.74) is 6.63. The normalized spacial score (nSPS) is 12.7. The molecule has 0 saturated heterocycles. The zero-order valence-corrected chi connectivity index (χ0v) is 11.3. The Morgan fingerprint density at radius 1 is 1.35 bits per heavy atom. The molecule has 0 aliphatic carbocycles. The summed E-state index contributed by atoms with van der Waals surface area (Å²) < 4.78 is 17.2. The Morgan fingerprint density at radius 2 is 2.06 bits per heavy atom. The quantitative estimate of drug-likeness (QED) is 0.759. The number of hydrogen-bond donors (Lipinski definition) is 1. The van der Waals surface area contributed by atoms with E-state index in [-0.39, 0.29) is 5.25 Å². The summed E-state index contributed by atoms with van der Waals surface area (Å²) in [5.74, 6) is 1.54. The van der Waals surface area contributed by atoms with E-state index in [9.17, 15) is 4.21 Å². The lowest BCUT2D eigenvalue weighted by Crippen LogP contribution is -2.12. The van der Waals surface area contributed by atoms with Gasteiger partial charge in [-0.1, -0.05) is 32.0 Å². The molecule has 0 amide bonds. The van der Waals surface area contributed by atoms with Gasteiger partial charge in [-0.05, 0) is 12.5 Å². The van der Waals surface area contributed by atoms with Crippen LogP contribution in [0, 0.1) is 0 Å². The first kappa shape index (κ1) is 14.2. The molecule has 1 unspecified atom stereocenters. The van der Waals surface area contributed by atoms with Crippen molar-refractivity contribution in [1.29, 1.82) is 0 Å². The number of nitrogens with two attached hydrogens (primary N) is 1. The van der Waals surface area contributed by atoms with Crippen LogP contribution >= 0.6 is 0 Å². The molecule has 0 heterocycles. The van der Waals surface area contributed by atoms with Gasteiger partial charge >= 0.3 is 0 Å². The summed E-state index contributed by atoms with van der Waals surface area (Å²) in [4.78, 5) is 0. The second-order valence-electron chi connectivity index (χ2n) is 4.15. The van der Waals surface area contributed by atoms with Crippen LogP contribution in [0.1, 0.15) is 25.8 Å². The van der Waals surface area contributed by atoms with Crippen molar-refractivity contribution in [2.75, 3.05) is 12.4 Å². The minimum Gasteiger partial charge on any atom is -0.493 e. The molecule has 1 atom stereocenters. The smallest absolute Gasteiger partial charge is 0.123 e. The van der Waals surface area contributed by atoms with Crippen LogP contribution < -0.4 is 10.5 Å². The van der Waals surface area contributed by atoms with Crippen LogP contribution in [-0.2, 0) is 17.3 Å². The molecule has 0 radical (unpaired) electrons. The molecule has 1 aromatic rings. The van der Waals surface area contributed by atoms with Gasteiger partial charge in [0.05, 0.1) is 6.61 Å². The Labute approximate surface area is 106 Å². The molecule has 3 nitrogen and oxygen atoms in total. The molecule has 0 saturated carbocycles. The highest BCUT2D eigenvalue weighted by Crippen LogP contribution is 2.17. The highest BCUT2D eigenvalue weighted by molar-refractivity contribution is 7.85. The lowest BCUT2D eigenvalue weighted by atomic mass is 10.2. The van der Waals surface area contributed by atoms with E-state index in [4.69, 9.17) is 10.5 Å². The van der Waals surface area contributed by atoms with E-state index in [0.717, 1.165) is 17.7 Å². The highest BCUT2D eigenvalue weighted by Gasteiger charge is 2.05. The van der Waals surface area contributed by atoms with E-state index >= 15 is 0 Å². The van der Waals surface area contributed by atoms with Gasteiger partial charge < -0.3 is 10.5 Å². The van der Waals surface area contributed by atoms with Gasteiger partial charge in [0.1, 0.15) is 5.75 Å². The molecule has 1 rings (SSSR count). The number of benzene rings is 1. The average Bonchev–Trinajstić information content (AvgIpc) is 2.34. The maximum absolute atomic E-state index is 11.5. The first-order valence-corrected chi connectivity index (χ1v) is 7.31. The molecule has 1 aromatic carbocycles. The Bertz CT molecular complexity index is 366. The Hall–Kier alpha value is -0.870. The van der Waals surface area contributed by atoms with Crippen LogP contribution in [0.5, 0.6) is 5.75 Å². The van der Waals surface area contributed by atoms with Gasteiger partial charge in [0, 0.05) is 33.9 Å². The zero-order chi connectivity index (χ0) is 12.7. The second-order valence-corrected chi connectivity index (χ2v) is 6.26. The monoisotopic (exact) mass is 255 g/mol. The van der Waals surface area contributed by atoms with Gasteiger partial charge in [-0.15, -0.1) is 0 Å². The largest absolute Gasteiger partial charge is 0.493 e. The third-order valence-corrected chi connectivity index (χ3v) is 4.21. The first-order valence-electron chi connectivity index (χ1n) is 5.93. The van der Waals surface area contributed by atoms with E-state index in [1.54, 1.807) is 0 Å². The fourth-order valence-corrected chi connectivity index (χ4v) is 2.31. The molecule has 4 heteroatoms. The summed E-state index contributed by atoms with van der Waals surface area (Å²) in [5, 5.41) is 0.228. The predicted molar refractivity (Wildman–Crippen MR) is 72.6 cm³/mol. The lowest BCUT2D eigenvalue weighted by Gasteiger charge is -2.10. The topological polar surface area (TPSA) is 52.3 Å². The van der Waals surface area contributed by atoms with Crippen molar-refractivity contribution in [3.63, 3.8) is 0 Å². The van der Waals surface area contributed by atoms with E-state index in [1.807, 2.05) is 38.1 Å². The molecule has 0 fully saturated rings. The average molecular weight is 255 g/mol. The fraction of sp³-hybridized carbons (Fsp3) is 0.538. The lowest BCUT2D eigenvalue weighted by molar-refractivity contribution is 0.315. The number of ether oxygens (including phenoxy) is 1. The summed E-state index contributed by atoms with van der Waals surface area (Å²) >= 11 is 0. The van der Waals surface area contributed by atoms with Crippen molar-refractivity contribution < 1.29 is 8.95 Å². The summed E-state index contributed by atoms with van der Waals surface area (Å²) in [6, 6.07) is 7.76. The van der Waals surface area contributed by atoms with Crippen molar-refractivity contribution in [2.24, 2.45) is 5.73 Å². The Balaban J connectivity index is 2.33. The summed E-state index contributed by atoms with van der Waals surface area (Å²) in [7, 11) is -0.741. The van der Waals surface area contributed by atoms with Gasteiger partial charge in [0.15, 0.2) is 0 Å². The maximum Gasteiger partial charge on any atom is 0.123 e. The minimum absolute atomic E-state index is 0.228. The van der Waals surface area contributed by atoms with Crippen LogP contribution in [-0.4, -0.2) is 21.8 Å². The maximum atomic E-state index is 11.5. The Kier molecular flexibility index (Phi) is 6.22. The molecule has 0 aliphatic rings. The van der Waals surface area contributed by atoms with Crippen LogP contribution in [0.2, 0.25) is 0 Å². The van der Waals surface area contributed by atoms with Crippen LogP contribution in [0.25, 0.3) is 0 Å². The highest BCUT2D eigenvalue weighted by atomic mass is 32.2. The first-order chi connectivity index (χ1) is 8.15. The van der Waals surface area contributed by atoms with Crippen LogP contribution in [0.15, 0.2) is 24.3 Å². The molecular formula is C13H21NO2S. The third-order valence-electron chi connectivity index (χ3n) is 2.47. The molecule has 17 heavy (non-hydrogen) atoms. The molecule has 0 bridgehead atoms. The molecule has 0 spiro atoms.